The fourth-order valence-electron chi connectivity index (χ4n) is 3.13. The van der Waals surface area contributed by atoms with Crippen molar-refractivity contribution in [1.29, 1.82) is 0 Å². The van der Waals surface area contributed by atoms with Crippen LogP contribution in [0.3, 0.4) is 0 Å². The van der Waals surface area contributed by atoms with Gasteiger partial charge in [-0.25, -0.2) is 0 Å². The maximum absolute atomic E-state index is 12.4. The Hall–Kier alpha value is -1.17. The number of fused-ring (bicyclic) bond motifs is 2. The molecule has 0 spiro atoms. The molecule has 1 aromatic rings. The minimum absolute atomic E-state index is 0.0122. The number of hydrogen-bond acceptors (Lipinski definition) is 3. The quantitative estimate of drug-likeness (QED) is 0.771. The Bertz CT molecular complexity index is 515. The number of carbonyl (C=O) groups is 1. The summed E-state index contributed by atoms with van der Waals surface area (Å²) in [6.07, 6.45) is -0.568. The molecule has 2 unspecified atom stereocenters. The molecular weight excluding hydrogens is 301 g/mol. The van der Waals surface area contributed by atoms with Gasteiger partial charge in [-0.3, -0.25) is 4.79 Å². The van der Waals surface area contributed by atoms with Crippen molar-refractivity contribution in [3.63, 3.8) is 0 Å². The molecular formula is C15H15F3O2S. The second-order valence-corrected chi connectivity index (χ2v) is 7.17. The molecule has 2 nitrogen and oxygen atoms in total. The Morgan fingerprint density at radius 1 is 1.10 bits per heavy atom. The summed E-state index contributed by atoms with van der Waals surface area (Å²) in [5.41, 5.74) is 0.473. The first-order chi connectivity index (χ1) is 9.90. The van der Waals surface area contributed by atoms with Gasteiger partial charge in [-0.2, -0.15) is 11.8 Å². The average Bonchev–Trinajstić information content (AvgIpc) is 2.76. The predicted octanol–water partition coefficient (Wildman–Crippen LogP) is 4.44. The van der Waals surface area contributed by atoms with E-state index in [1.165, 1.54) is 37.1 Å². The topological polar surface area (TPSA) is 26.3 Å². The van der Waals surface area contributed by atoms with Gasteiger partial charge in [0.2, 0.25) is 0 Å². The molecule has 114 valence electrons. The minimum atomic E-state index is -4.70. The largest absolute Gasteiger partial charge is 0.573 e. The lowest BCUT2D eigenvalue weighted by molar-refractivity contribution is -0.274. The third-order valence-corrected chi connectivity index (χ3v) is 5.66. The number of thioether (sulfide) groups is 1. The second kappa shape index (κ2) is 5.55. The van der Waals surface area contributed by atoms with E-state index in [2.05, 4.69) is 4.74 Å². The van der Waals surface area contributed by atoms with Crippen molar-refractivity contribution in [3.05, 3.63) is 29.8 Å². The minimum Gasteiger partial charge on any atom is -0.406 e. The molecule has 2 bridgehead atoms. The maximum atomic E-state index is 12.4. The monoisotopic (exact) mass is 316 g/mol. The van der Waals surface area contributed by atoms with Gasteiger partial charge < -0.3 is 4.74 Å². The number of benzene rings is 1. The van der Waals surface area contributed by atoms with E-state index in [0.29, 0.717) is 16.1 Å². The van der Waals surface area contributed by atoms with Gasteiger partial charge in [0.15, 0.2) is 5.78 Å². The Balaban J connectivity index is 1.67. The SMILES string of the molecule is O=C(c1ccc(OC(F)(F)F)cc1)C1CC2CCC(C1)S2. The van der Waals surface area contributed by atoms with E-state index >= 15 is 0 Å². The van der Waals surface area contributed by atoms with Gasteiger partial charge in [-0.15, -0.1) is 13.2 Å². The molecule has 0 N–H and O–H groups in total. The molecule has 2 saturated heterocycles. The predicted molar refractivity (Wildman–Crippen MR) is 74.6 cm³/mol. The first kappa shape index (κ1) is 14.8. The number of halogens is 3. The van der Waals surface area contributed by atoms with Crippen LogP contribution in [0.4, 0.5) is 13.2 Å². The van der Waals surface area contributed by atoms with E-state index < -0.39 is 6.36 Å². The Labute approximate surface area is 125 Å². The van der Waals surface area contributed by atoms with Gasteiger partial charge >= 0.3 is 6.36 Å². The summed E-state index contributed by atoms with van der Waals surface area (Å²) >= 11 is 1.98. The summed E-state index contributed by atoms with van der Waals surface area (Å²) in [7, 11) is 0. The van der Waals surface area contributed by atoms with E-state index in [9.17, 15) is 18.0 Å². The van der Waals surface area contributed by atoms with E-state index in [1.807, 2.05) is 11.8 Å². The molecule has 3 rings (SSSR count). The highest BCUT2D eigenvalue weighted by molar-refractivity contribution is 8.00. The third kappa shape index (κ3) is 3.54. The Kier molecular flexibility index (Phi) is 3.90. The highest BCUT2D eigenvalue weighted by Crippen LogP contribution is 2.46. The summed E-state index contributed by atoms with van der Waals surface area (Å²) in [5, 5.41) is 1.15. The van der Waals surface area contributed by atoms with Crippen molar-refractivity contribution in [2.24, 2.45) is 5.92 Å². The van der Waals surface area contributed by atoms with Crippen molar-refractivity contribution in [1.82, 2.24) is 0 Å². The molecule has 21 heavy (non-hydrogen) atoms. The Morgan fingerprint density at radius 2 is 1.67 bits per heavy atom. The lowest BCUT2D eigenvalue weighted by atomic mass is 9.90. The Morgan fingerprint density at radius 3 is 2.19 bits per heavy atom. The number of ketones is 1. The number of rotatable bonds is 3. The van der Waals surface area contributed by atoms with Crippen LogP contribution in [0.2, 0.25) is 0 Å². The fourth-order valence-corrected chi connectivity index (χ4v) is 4.90. The van der Waals surface area contributed by atoms with Crippen LogP contribution < -0.4 is 4.74 Å². The van der Waals surface area contributed by atoms with Gasteiger partial charge in [-0.05, 0) is 49.9 Å². The number of ether oxygens (including phenoxy) is 1. The summed E-state index contributed by atoms with van der Waals surface area (Å²) in [6, 6.07) is 5.25. The number of Topliss-reactive ketones (excluding diaryl/α,β-unsaturated/α-hetero) is 1. The van der Waals surface area contributed by atoms with E-state index in [0.717, 1.165) is 12.8 Å². The molecule has 0 radical (unpaired) electrons. The molecule has 2 fully saturated rings. The fraction of sp³-hybridized carbons (Fsp3) is 0.533. The standard InChI is InChI=1S/C15H15F3O2S/c16-15(17,18)20-11-3-1-9(2-4-11)14(19)10-7-12-5-6-13(8-10)21-12/h1-4,10,12-13H,5-8H2. The lowest BCUT2D eigenvalue weighted by Crippen LogP contribution is -2.24. The van der Waals surface area contributed by atoms with Crippen LogP contribution in [-0.4, -0.2) is 22.6 Å². The first-order valence-corrected chi connectivity index (χ1v) is 7.90. The lowest BCUT2D eigenvalue weighted by Gasteiger charge is -2.26. The van der Waals surface area contributed by atoms with Crippen molar-refractivity contribution < 1.29 is 22.7 Å². The van der Waals surface area contributed by atoms with Crippen LogP contribution in [0.1, 0.15) is 36.0 Å². The van der Waals surface area contributed by atoms with Crippen molar-refractivity contribution in [2.75, 3.05) is 0 Å². The van der Waals surface area contributed by atoms with Gasteiger partial charge in [0.25, 0.3) is 0 Å². The van der Waals surface area contributed by atoms with E-state index in [-0.39, 0.29) is 17.5 Å². The molecule has 0 aliphatic carbocycles. The van der Waals surface area contributed by atoms with Crippen LogP contribution in [0, 0.1) is 5.92 Å². The molecule has 6 heteroatoms. The average molecular weight is 316 g/mol. The van der Waals surface area contributed by atoms with Crippen LogP contribution in [-0.2, 0) is 0 Å². The zero-order valence-electron chi connectivity index (χ0n) is 11.2. The molecule has 2 atom stereocenters. The summed E-state index contributed by atoms with van der Waals surface area (Å²) in [5.74, 6) is -0.234. The highest BCUT2D eigenvalue weighted by atomic mass is 32.2. The highest BCUT2D eigenvalue weighted by Gasteiger charge is 2.38. The summed E-state index contributed by atoms with van der Waals surface area (Å²) in [4.78, 5) is 12.4. The van der Waals surface area contributed by atoms with Crippen LogP contribution in [0.5, 0.6) is 5.75 Å². The van der Waals surface area contributed by atoms with Crippen molar-refractivity contribution in [2.45, 2.75) is 42.5 Å². The van der Waals surface area contributed by atoms with Gasteiger partial charge in [0.1, 0.15) is 5.75 Å². The van der Waals surface area contributed by atoms with Crippen molar-refractivity contribution >= 4 is 17.5 Å². The molecule has 0 saturated carbocycles. The zero-order chi connectivity index (χ0) is 15.0. The third-order valence-electron chi connectivity index (χ3n) is 4.03. The van der Waals surface area contributed by atoms with Gasteiger partial charge in [0.05, 0.1) is 0 Å². The maximum Gasteiger partial charge on any atom is 0.573 e. The number of hydrogen-bond donors (Lipinski definition) is 0. The van der Waals surface area contributed by atoms with E-state index in [1.54, 1.807) is 0 Å². The molecule has 2 heterocycles. The number of carbonyl (C=O) groups excluding carboxylic acids is 1. The van der Waals surface area contributed by atoms with Gasteiger partial charge in [-0.1, -0.05) is 0 Å². The first-order valence-electron chi connectivity index (χ1n) is 6.96. The van der Waals surface area contributed by atoms with Crippen molar-refractivity contribution in [3.8, 4) is 5.75 Å². The molecule has 2 aliphatic heterocycles. The van der Waals surface area contributed by atoms with Crippen LogP contribution in [0.15, 0.2) is 24.3 Å². The molecule has 0 aromatic heterocycles. The van der Waals surface area contributed by atoms with Gasteiger partial charge in [0, 0.05) is 22.0 Å². The number of alkyl halides is 3. The smallest absolute Gasteiger partial charge is 0.406 e. The van der Waals surface area contributed by atoms with E-state index in [4.69, 9.17) is 0 Å². The molecule has 0 amide bonds. The molecule has 2 aliphatic rings. The zero-order valence-corrected chi connectivity index (χ0v) is 12.0. The molecule has 1 aromatic carbocycles. The summed E-state index contributed by atoms with van der Waals surface area (Å²) < 4.78 is 40.1. The normalized spacial score (nSPS) is 28.4. The summed E-state index contributed by atoms with van der Waals surface area (Å²) in [6.45, 7) is 0. The second-order valence-electron chi connectivity index (χ2n) is 5.56. The van der Waals surface area contributed by atoms with Crippen LogP contribution in [0.25, 0.3) is 0 Å². The van der Waals surface area contributed by atoms with Crippen LogP contribution >= 0.6 is 11.8 Å².